The average Bonchev–Trinajstić information content (AvgIpc) is 1.61. The van der Waals surface area contributed by atoms with Gasteiger partial charge >= 0.3 is 0 Å². The SMILES string of the molecule is C=CC[N]N=O. The summed E-state index contributed by atoms with van der Waals surface area (Å²) < 4.78 is 0. The highest BCUT2D eigenvalue weighted by atomic mass is 16.3. The smallest absolute Gasteiger partial charge is 0.0815 e. The van der Waals surface area contributed by atoms with Gasteiger partial charge in [-0.2, -0.15) is 0 Å². The Morgan fingerprint density at radius 2 is 2.50 bits per heavy atom. The Bertz CT molecular complexity index is 44.8. The van der Waals surface area contributed by atoms with Gasteiger partial charge in [-0.3, -0.25) is 0 Å². The monoisotopic (exact) mass is 85.0 g/mol. The number of hydrogen-bond donors (Lipinski definition) is 0. The Kier molecular flexibility index (Phi) is 3.55. The summed E-state index contributed by atoms with van der Waals surface area (Å²) in [4.78, 5) is 9.10. The van der Waals surface area contributed by atoms with Crippen LogP contribution in [0.3, 0.4) is 0 Å². The molecule has 0 aliphatic carbocycles. The molecule has 0 unspecified atom stereocenters. The van der Waals surface area contributed by atoms with Crippen LogP contribution < -0.4 is 5.43 Å². The van der Waals surface area contributed by atoms with Crippen molar-refractivity contribution in [2.24, 2.45) is 5.29 Å². The second kappa shape index (κ2) is 4.14. The Labute approximate surface area is 36.0 Å². The Balaban J connectivity index is 2.66. The van der Waals surface area contributed by atoms with Gasteiger partial charge < -0.3 is 0 Å². The first kappa shape index (κ1) is 5.14. The largest absolute Gasteiger partial charge is 0.146 e. The van der Waals surface area contributed by atoms with Crippen LogP contribution in [0.2, 0.25) is 0 Å². The first-order chi connectivity index (χ1) is 2.91. The van der Waals surface area contributed by atoms with E-state index in [0.717, 1.165) is 0 Å². The van der Waals surface area contributed by atoms with E-state index < -0.39 is 0 Å². The highest BCUT2D eigenvalue weighted by molar-refractivity contribution is 4.66. The van der Waals surface area contributed by atoms with Gasteiger partial charge in [0, 0.05) is 0 Å². The second-order valence-electron chi connectivity index (χ2n) is 0.694. The fourth-order valence-electron chi connectivity index (χ4n) is 0.0911. The Morgan fingerprint density at radius 3 is 2.67 bits per heavy atom. The molecule has 1 radical (unpaired) electrons. The predicted octanol–water partition coefficient (Wildman–Crippen LogP) is 0.458. The van der Waals surface area contributed by atoms with Crippen molar-refractivity contribution in [1.29, 1.82) is 0 Å². The first-order valence-corrected chi connectivity index (χ1v) is 1.52. The van der Waals surface area contributed by atoms with E-state index in [9.17, 15) is 0 Å². The van der Waals surface area contributed by atoms with Gasteiger partial charge in [-0.15, -0.1) is 16.9 Å². The van der Waals surface area contributed by atoms with E-state index in [4.69, 9.17) is 4.91 Å². The fourth-order valence-corrected chi connectivity index (χ4v) is 0.0911. The van der Waals surface area contributed by atoms with E-state index in [0.29, 0.717) is 6.54 Å². The molecule has 0 rings (SSSR count). The molecule has 33 valence electrons. The van der Waals surface area contributed by atoms with Crippen LogP contribution in [0.15, 0.2) is 17.9 Å². The summed E-state index contributed by atoms with van der Waals surface area (Å²) in [5, 5.41) is 2.23. The number of hydrogen-bond acceptors (Lipinski definition) is 2. The normalized spacial score (nSPS) is 6.67. The maximum Gasteiger partial charge on any atom is 0.0815 e. The number of nitroso groups, excluding NO2 is 1. The summed E-state index contributed by atoms with van der Waals surface area (Å²) in [7, 11) is 0. The molecule has 3 nitrogen and oxygen atoms in total. The average molecular weight is 85.1 g/mol. The van der Waals surface area contributed by atoms with Gasteiger partial charge in [-0.1, -0.05) is 6.08 Å². The maximum absolute atomic E-state index is 9.10. The zero-order valence-corrected chi connectivity index (χ0v) is 3.29. The molecule has 6 heavy (non-hydrogen) atoms. The van der Waals surface area contributed by atoms with Gasteiger partial charge in [0.15, 0.2) is 0 Å². The van der Waals surface area contributed by atoms with Crippen LogP contribution in [-0.2, 0) is 0 Å². The lowest BCUT2D eigenvalue weighted by Gasteiger charge is -1.73. The van der Waals surface area contributed by atoms with Crippen molar-refractivity contribution < 1.29 is 0 Å². The van der Waals surface area contributed by atoms with Gasteiger partial charge in [0.05, 0.1) is 11.8 Å². The first-order valence-electron chi connectivity index (χ1n) is 1.52. The molecule has 0 aromatic rings. The summed E-state index contributed by atoms with van der Waals surface area (Å²) in [6.07, 6.45) is 1.50. The number of nitrogens with zero attached hydrogens (tertiary/aromatic N) is 2. The molecule has 0 spiro atoms. The number of rotatable bonds is 3. The van der Waals surface area contributed by atoms with E-state index in [1.807, 2.05) is 0 Å². The third-order valence-corrected chi connectivity index (χ3v) is 0.268. The summed E-state index contributed by atoms with van der Waals surface area (Å²) >= 11 is 0. The lowest BCUT2D eigenvalue weighted by atomic mass is 10.7. The van der Waals surface area contributed by atoms with Crippen molar-refractivity contribution in [2.75, 3.05) is 6.54 Å². The molecule has 0 amide bonds. The van der Waals surface area contributed by atoms with Crippen molar-refractivity contribution >= 4 is 0 Å². The van der Waals surface area contributed by atoms with Crippen molar-refractivity contribution in [3.63, 3.8) is 0 Å². The van der Waals surface area contributed by atoms with Gasteiger partial charge in [0.1, 0.15) is 0 Å². The third-order valence-electron chi connectivity index (χ3n) is 0.268. The second-order valence-corrected chi connectivity index (χ2v) is 0.694. The minimum absolute atomic E-state index is 0.323. The molecule has 0 bridgehead atoms. The lowest BCUT2D eigenvalue weighted by Crippen LogP contribution is -1.90. The molecule has 0 aromatic heterocycles. The third kappa shape index (κ3) is 3.14. The van der Waals surface area contributed by atoms with Crippen molar-refractivity contribution in [1.82, 2.24) is 5.43 Å². The van der Waals surface area contributed by atoms with Crippen molar-refractivity contribution in [3.05, 3.63) is 17.6 Å². The molecule has 0 saturated heterocycles. The summed E-state index contributed by atoms with van der Waals surface area (Å²) in [6, 6.07) is 0. The molecule has 0 heterocycles. The van der Waals surface area contributed by atoms with Crippen molar-refractivity contribution in [2.45, 2.75) is 0 Å². The molecule has 0 N–H and O–H groups in total. The van der Waals surface area contributed by atoms with Crippen LogP contribution in [0.5, 0.6) is 0 Å². The molecule has 0 aliphatic heterocycles. The van der Waals surface area contributed by atoms with Gasteiger partial charge in [0.2, 0.25) is 0 Å². The molecule has 0 aliphatic rings. The van der Waals surface area contributed by atoms with E-state index in [-0.39, 0.29) is 0 Å². The van der Waals surface area contributed by atoms with Crippen LogP contribution >= 0.6 is 0 Å². The van der Waals surface area contributed by atoms with Crippen LogP contribution in [0.25, 0.3) is 0 Å². The zero-order chi connectivity index (χ0) is 4.83. The minimum atomic E-state index is 0.323. The fraction of sp³-hybridized carbons (Fsp3) is 0.333. The van der Waals surface area contributed by atoms with Crippen LogP contribution in [0.1, 0.15) is 0 Å². The predicted molar refractivity (Wildman–Crippen MR) is 23.0 cm³/mol. The van der Waals surface area contributed by atoms with E-state index in [2.05, 4.69) is 17.3 Å². The summed E-state index contributed by atoms with van der Waals surface area (Å²) in [5.41, 5.74) is 3.04. The Hall–Kier alpha value is -0.860. The minimum Gasteiger partial charge on any atom is -0.146 e. The molecular weight excluding hydrogens is 80.0 g/mol. The quantitative estimate of drug-likeness (QED) is 0.212. The van der Waals surface area contributed by atoms with Gasteiger partial charge in [-0.25, -0.2) is 0 Å². The van der Waals surface area contributed by atoms with Gasteiger partial charge in [-0.05, 0) is 0 Å². The van der Waals surface area contributed by atoms with Crippen LogP contribution in [0.4, 0.5) is 0 Å². The van der Waals surface area contributed by atoms with E-state index >= 15 is 0 Å². The highest BCUT2D eigenvalue weighted by Gasteiger charge is 1.69. The highest BCUT2D eigenvalue weighted by Crippen LogP contribution is 1.59. The van der Waals surface area contributed by atoms with Crippen molar-refractivity contribution in [3.8, 4) is 0 Å². The summed E-state index contributed by atoms with van der Waals surface area (Å²) in [5.74, 6) is 0. The van der Waals surface area contributed by atoms with E-state index in [1.54, 1.807) is 0 Å². The van der Waals surface area contributed by atoms with Crippen LogP contribution in [-0.4, -0.2) is 6.54 Å². The molecule has 3 heteroatoms. The molecule has 0 atom stereocenters. The lowest BCUT2D eigenvalue weighted by molar-refractivity contribution is 0.798. The Morgan fingerprint density at radius 1 is 1.83 bits per heavy atom. The molecule has 0 saturated carbocycles. The zero-order valence-electron chi connectivity index (χ0n) is 3.29. The molecular formula is C3H5N2O. The standard InChI is InChI=1S/C3H5N2O/c1-2-3-4-5-6/h2H,1,3H2. The van der Waals surface area contributed by atoms with Crippen LogP contribution in [0, 0.1) is 4.91 Å². The maximum atomic E-state index is 9.10. The van der Waals surface area contributed by atoms with Gasteiger partial charge in [0.25, 0.3) is 0 Å². The molecule has 0 fully saturated rings. The molecule has 0 aromatic carbocycles. The van der Waals surface area contributed by atoms with E-state index in [1.165, 1.54) is 6.08 Å². The topological polar surface area (TPSA) is 43.5 Å². The summed E-state index contributed by atoms with van der Waals surface area (Å²) in [6.45, 7) is 3.63.